The van der Waals surface area contributed by atoms with E-state index in [2.05, 4.69) is 23.6 Å². The van der Waals surface area contributed by atoms with Crippen molar-refractivity contribution in [1.29, 1.82) is 0 Å². The molecule has 0 aliphatic rings. The molecule has 2 rings (SSSR count). The molecule has 1 N–H and O–H groups in total. The van der Waals surface area contributed by atoms with Crippen molar-refractivity contribution in [2.24, 2.45) is 0 Å². The van der Waals surface area contributed by atoms with E-state index in [1.807, 2.05) is 67.6 Å². The fourth-order valence-corrected chi connectivity index (χ4v) is 3.80. The number of nitrogens with zero attached hydrogens (tertiary/aromatic N) is 2. The predicted octanol–water partition coefficient (Wildman–Crippen LogP) is 4.62. The molecule has 0 radical (unpaired) electrons. The van der Waals surface area contributed by atoms with Crippen LogP contribution in [0.3, 0.4) is 0 Å². The van der Waals surface area contributed by atoms with Crippen LogP contribution < -0.4 is 4.90 Å². The van der Waals surface area contributed by atoms with Gasteiger partial charge in [0, 0.05) is 12.2 Å². The summed E-state index contributed by atoms with van der Waals surface area (Å²) in [7, 11) is 0. The van der Waals surface area contributed by atoms with Crippen LogP contribution in [0.4, 0.5) is 5.69 Å². The summed E-state index contributed by atoms with van der Waals surface area (Å²) in [6.45, 7) is 9.96. The zero-order valence-corrected chi connectivity index (χ0v) is 16.8. The van der Waals surface area contributed by atoms with E-state index >= 15 is 0 Å². The lowest BCUT2D eigenvalue weighted by Crippen LogP contribution is -2.53. The Balaban J connectivity index is 2.43. The van der Waals surface area contributed by atoms with Gasteiger partial charge in [-0.2, -0.15) is 0 Å². The van der Waals surface area contributed by atoms with E-state index < -0.39 is 11.5 Å². The minimum Gasteiger partial charge on any atom is -0.479 e. The topological polar surface area (TPSA) is 43.8 Å². The molecule has 0 bridgehead atoms. The third-order valence-corrected chi connectivity index (χ3v) is 5.40. The van der Waals surface area contributed by atoms with Crippen molar-refractivity contribution in [2.45, 2.75) is 39.2 Å². The maximum absolute atomic E-state index is 12.6. The predicted molar refractivity (Wildman–Crippen MR) is 112 cm³/mol. The Kier molecular flexibility index (Phi) is 7.86. The van der Waals surface area contributed by atoms with Gasteiger partial charge in [0.05, 0.1) is 0 Å². The molecule has 0 saturated heterocycles. The molecular formula is C23H32N2O2. The molecule has 0 amide bonds. The third kappa shape index (κ3) is 4.69. The molecule has 0 spiro atoms. The maximum Gasteiger partial charge on any atom is 0.334 e. The standard InChI is InChI=1S/C23H32N2O2/c1-4-23(22(26)27,20-14-9-7-10-15-20)25(21-16-11-8-12-17-21)19-13-18-24(5-2)6-3/h7-12,14-17H,4-6,13,18-19H2,1-3H3,(H,26,27). The van der Waals surface area contributed by atoms with E-state index in [4.69, 9.17) is 0 Å². The Morgan fingerprint density at radius 3 is 1.93 bits per heavy atom. The summed E-state index contributed by atoms with van der Waals surface area (Å²) in [6.07, 6.45) is 1.41. The van der Waals surface area contributed by atoms with Gasteiger partial charge in [-0.1, -0.05) is 69.3 Å². The first kappa shape index (κ1) is 21.0. The van der Waals surface area contributed by atoms with Gasteiger partial charge in [-0.15, -0.1) is 0 Å². The van der Waals surface area contributed by atoms with Crippen LogP contribution in [0.2, 0.25) is 0 Å². The van der Waals surface area contributed by atoms with Crippen molar-refractivity contribution >= 4 is 11.7 Å². The van der Waals surface area contributed by atoms with Crippen molar-refractivity contribution in [3.8, 4) is 0 Å². The molecule has 4 heteroatoms. The molecule has 0 saturated carbocycles. The third-order valence-electron chi connectivity index (χ3n) is 5.40. The molecule has 0 fully saturated rings. The Labute approximate surface area is 163 Å². The smallest absolute Gasteiger partial charge is 0.334 e. The van der Waals surface area contributed by atoms with E-state index in [-0.39, 0.29) is 0 Å². The summed E-state index contributed by atoms with van der Waals surface area (Å²) in [5.74, 6) is -0.803. The van der Waals surface area contributed by atoms with Crippen LogP contribution in [-0.2, 0) is 10.3 Å². The highest BCUT2D eigenvalue weighted by atomic mass is 16.4. The summed E-state index contributed by atoms with van der Waals surface area (Å²) in [5.41, 5.74) is 0.697. The number of rotatable bonds is 11. The maximum atomic E-state index is 12.6. The van der Waals surface area contributed by atoms with E-state index in [9.17, 15) is 9.90 Å². The van der Waals surface area contributed by atoms with Crippen LogP contribution in [0.1, 0.15) is 39.2 Å². The molecule has 0 aliphatic heterocycles. The summed E-state index contributed by atoms with van der Waals surface area (Å²) in [6, 6.07) is 19.5. The van der Waals surface area contributed by atoms with Gasteiger partial charge in [-0.25, -0.2) is 4.79 Å². The minimum atomic E-state index is -1.08. The molecule has 146 valence electrons. The minimum absolute atomic E-state index is 0.493. The van der Waals surface area contributed by atoms with Gasteiger partial charge in [-0.05, 0) is 50.2 Å². The molecule has 27 heavy (non-hydrogen) atoms. The highest BCUT2D eigenvalue weighted by Crippen LogP contribution is 2.36. The molecule has 0 aromatic heterocycles. The fraction of sp³-hybridized carbons (Fsp3) is 0.435. The van der Waals surface area contributed by atoms with Crippen molar-refractivity contribution in [1.82, 2.24) is 4.90 Å². The van der Waals surface area contributed by atoms with Crippen LogP contribution in [0.25, 0.3) is 0 Å². The molecule has 2 aromatic carbocycles. The second-order valence-electron chi connectivity index (χ2n) is 6.75. The van der Waals surface area contributed by atoms with Gasteiger partial charge in [0.2, 0.25) is 0 Å². The number of anilines is 1. The number of carboxylic acid groups (broad SMARTS) is 1. The van der Waals surface area contributed by atoms with Gasteiger partial charge in [0.25, 0.3) is 0 Å². The Hall–Kier alpha value is -2.33. The number of aliphatic carboxylic acids is 1. The highest BCUT2D eigenvalue weighted by molar-refractivity contribution is 5.85. The molecule has 1 unspecified atom stereocenters. The normalized spacial score (nSPS) is 13.3. The van der Waals surface area contributed by atoms with Crippen LogP contribution in [0, 0.1) is 0 Å². The fourth-order valence-electron chi connectivity index (χ4n) is 3.80. The molecule has 1 atom stereocenters. The molecule has 0 aliphatic carbocycles. The number of hydrogen-bond acceptors (Lipinski definition) is 3. The molecule has 0 heterocycles. The Bertz CT molecular complexity index is 686. The summed E-state index contributed by atoms with van der Waals surface area (Å²) in [5, 5.41) is 10.4. The highest BCUT2D eigenvalue weighted by Gasteiger charge is 2.44. The van der Waals surface area contributed by atoms with E-state index in [0.29, 0.717) is 13.0 Å². The quantitative estimate of drug-likeness (QED) is 0.629. The average Bonchev–Trinajstić information content (AvgIpc) is 2.72. The van der Waals surface area contributed by atoms with Gasteiger partial charge in [-0.3, -0.25) is 0 Å². The van der Waals surface area contributed by atoms with E-state index in [1.165, 1.54) is 0 Å². The molecule has 2 aromatic rings. The number of hydrogen-bond donors (Lipinski definition) is 1. The first-order chi connectivity index (χ1) is 13.1. The van der Waals surface area contributed by atoms with Gasteiger partial charge >= 0.3 is 5.97 Å². The van der Waals surface area contributed by atoms with Crippen molar-refractivity contribution in [3.63, 3.8) is 0 Å². The first-order valence-corrected chi connectivity index (χ1v) is 9.94. The molecular weight excluding hydrogens is 336 g/mol. The van der Waals surface area contributed by atoms with E-state index in [1.54, 1.807) is 0 Å². The van der Waals surface area contributed by atoms with Gasteiger partial charge in [0.15, 0.2) is 5.54 Å². The van der Waals surface area contributed by atoms with E-state index in [0.717, 1.165) is 37.3 Å². The van der Waals surface area contributed by atoms with Crippen LogP contribution >= 0.6 is 0 Å². The monoisotopic (exact) mass is 368 g/mol. The molecule has 4 nitrogen and oxygen atoms in total. The number of carbonyl (C=O) groups is 1. The second-order valence-corrected chi connectivity index (χ2v) is 6.75. The van der Waals surface area contributed by atoms with Gasteiger partial charge in [0.1, 0.15) is 0 Å². The number of carboxylic acids is 1. The lowest BCUT2D eigenvalue weighted by Gasteiger charge is -2.42. The van der Waals surface area contributed by atoms with Crippen LogP contribution in [0.15, 0.2) is 60.7 Å². The van der Waals surface area contributed by atoms with Crippen LogP contribution in [0.5, 0.6) is 0 Å². The SMILES string of the molecule is CCN(CC)CCCN(c1ccccc1)C(CC)(C(=O)O)c1ccccc1. The second kappa shape index (κ2) is 10.1. The van der Waals surface area contributed by atoms with Gasteiger partial charge < -0.3 is 14.9 Å². The van der Waals surface area contributed by atoms with Crippen molar-refractivity contribution in [2.75, 3.05) is 31.1 Å². The number of para-hydroxylation sites is 1. The lowest BCUT2D eigenvalue weighted by molar-refractivity contribution is -0.144. The number of benzene rings is 2. The Morgan fingerprint density at radius 2 is 1.44 bits per heavy atom. The van der Waals surface area contributed by atoms with Crippen molar-refractivity contribution in [3.05, 3.63) is 66.2 Å². The summed E-state index contributed by atoms with van der Waals surface area (Å²) in [4.78, 5) is 17.1. The lowest BCUT2D eigenvalue weighted by atomic mass is 9.84. The largest absolute Gasteiger partial charge is 0.479 e. The Morgan fingerprint density at radius 1 is 0.889 bits per heavy atom. The summed E-state index contributed by atoms with van der Waals surface area (Å²) < 4.78 is 0. The summed E-state index contributed by atoms with van der Waals surface area (Å²) >= 11 is 0. The first-order valence-electron chi connectivity index (χ1n) is 9.94. The van der Waals surface area contributed by atoms with Crippen LogP contribution in [-0.4, -0.2) is 42.2 Å². The zero-order valence-electron chi connectivity index (χ0n) is 16.8. The van der Waals surface area contributed by atoms with Crippen molar-refractivity contribution < 1.29 is 9.90 Å². The zero-order chi connectivity index (χ0) is 19.7. The average molecular weight is 369 g/mol.